The highest BCUT2D eigenvalue weighted by Crippen LogP contribution is 2.26. The van der Waals surface area contributed by atoms with Crippen molar-refractivity contribution < 1.29 is 14.7 Å². The molecule has 1 aromatic rings. The van der Waals surface area contributed by atoms with E-state index >= 15 is 0 Å². The van der Waals surface area contributed by atoms with Gasteiger partial charge in [0.05, 0.1) is 10.7 Å². The summed E-state index contributed by atoms with van der Waals surface area (Å²) in [6.07, 6.45) is 0. The number of likely N-dealkylation sites (N-methyl/N-ethyl adjacent to an activating group) is 1. The summed E-state index contributed by atoms with van der Waals surface area (Å²) in [4.78, 5) is 25.6. The molecule has 0 bridgehead atoms. The van der Waals surface area contributed by atoms with E-state index in [1.165, 1.54) is 12.1 Å². The zero-order valence-corrected chi connectivity index (χ0v) is 12.2. The van der Waals surface area contributed by atoms with Gasteiger partial charge in [-0.2, -0.15) is 0 Å². The molecule has 0 spiro atoms. The molecule has 6 nitrogen and oxygen atoms in total. The van der Waals surface area contributed by atoms with Crippen LogP contribution in [0, 0.1) is 0 Å². The normalized spacial score (nSPS) is 10.6. The van der Waals surface area contributed by atoms with Gasteiger partial charge in [0.25, 0.3) is 0 Å². The SMILES string of the molecule is CN(C)CCN(CC(=O)O)c1ccc(C(N)=O)cc1Cl. The molecule has 20 heavy (non-hydrogen) atoms. The minimum atomic E-state index is -0.946. The first kappa shape index (κ1) is 16.3. The van der Waals surface area contributed by atoms with Crippen LogP contribution >= 0.6 is 11.6 Å². The van der Waals surface area contributed by atoms with Crippen molar-refractivity contribution in [2.75, 3.05) is 38.6 Å². The second-order valence-corrected chi connectivity index (χ2v) is 5.06. The van der Waals surface area contributed by atoms with Crippen LogP contribution < -0.4 is 10.6 Å². The Kier molecular flexibility index (Phi) is 5.79. The molecular weight excluding hydrogens is 282 g/mol. The molecule has 0 heterocycles. The zero-order chi connectivity index (χ0) is 15.3. The molecule has 7 heteroatoms. The van der Waals surface area contributed by atoms with Crippen LogP contribution in [0.5, 0.6) is 0 Å². The Morgan fingerprint density at radius 1 is 1.30 bits per heavy atom. The number of benzene rings is 1. The van der Waals surface area contributed by atoms with Gasteiger partial charge in [-0.25, -0.2) is 0 Å². The average molecular weight is 300 g/mol. The Hall–Kier alpha value is -1.79. The second-order valence-electron chi connectivity index (χ2n) is 4.65. The molecule has 0 fully saturated rings. The number of hydrogen-bond acceptors (Lipinski definition) is 4. The molecule has 1 aromatic carbocycles. The van der Waals surface area contributed by atoms with Gasteiger partial charge in [-0.05, 0) is 32.3 Å². The first-order chi connectivity index (χ1) is 9.31. The molecule has 0 aliphatic rings. The molecule has 0 saturated carbocycles. The lowest BCUT2D eigenvalue weighted by atomic mass is 10.2. The summed E-state index contributed by atoms with van der Waals surface area (Å²) < 4.78 is 0. The molecule has 0 aliphatic heterocycles. The summed E-state index contributed by atoms with van der Waals surface area (Å²) in [5.74, 6) is -1.52. The molecule has 0 unspecified atom stereocenters. The summed E-state index contributed by atoms with van der Waals surface area (Å²) in [6, 6.07) is 4.60. The number of primary amides is 1. The number of carbonyl (C=O) groups is 2. The van der Waals surface area contributed by atoms with E-state index in [1.807, 2.05) is 19.0 Å². The average Bonchev–Trinajstić information content (AvgIpc) is 2.33. The molecule has 0 aromatic heterocycles. The molecule has 0 saturated heterocycles. The van der Waals surface area contributed by atoms with E-state index in [4.69, 9.17) is 22.4 Å². The minimum Gasteiger partial charge on any atom is -0.480 e. The maximum absolute atomic E-state index is 11.1. The number of amides is 1. The number of anilines is 1. The van der Waals surface area contributed by atoms with E-state index in [2.05, 4.69) is 0 Å². The predicted octanol–water partition coefficient (Wildman–Crippen LogP) is 0.892. The van der Waals surface area contributed by atoms with Crippen molar-refractivity contribution in [3.05, 3.63) is 28.8 Å². The van der Waals surface area contributed by atoms with Gasteiger partial charge in [0.1, 0.15) is 6.54 Å². The fourth-order valence-electron chi connectivity index (χ4n) is 1.69. The van der Waals surface area contributed by atoms with Crippen molar-refractivity contribution in [3.8, 4) is 0 Å². The number of hydrogen-bond donors (Lipinski definition) is 2. The molecule has 110 valence electrons. The third-order valence-corrected chi connectivity index (χ3v) is 3.02. The summed E-state index contributed by atoms with van der Waals surface area (Å²) in [5, 5.41) is 9.28. The van der Waals surface area contributed by atoms with Crippen molar-refractivity contribution in [1.82, 2.24) is 4.90 Å². The largest absolute Gasteiger partial charge is 0.480 e. The molecule has 3 N–H and O–H groups in total. The Morgan fingerprint density at radius 3 is 2.40 bits per heavy atom. The highest BCUT2D eigenvalue weighted by atomic mass is 35.5. The lowest BCUT2D eigenvalue weighted by Gasteiger charge is -2.25. The van der Waals surface area contributed by atoms with Crippen molar-refractivity contribution in [3.63, 3.8) is 0 Å². The van der Waals surface area contributed by atoms with Gasteiger partial charge in [-0.1, -0.05) is 11.6 Å². The third kappa shape index (κ3) is 4.71. The summed E-state index contributed by atoms with van der Waals surface area (Å²) in [6.45, 7) is 1.03. The van der Waals surface area contributed by atoms with Crippen LogP contribution in [0.3, 0.4) is 0 Å². The van der Waals surface area contributed by atoms with E-state index in [9.17, 15) is 9.59 Å². The standard InChI is InChI=1S/C13H18ClN3O3/c1-16(2)5-6-17(8-12(18)19)11-4-3-9(13(15)20)7-10(11)14/h3-4,7H,5-6,8H2,1-2H3,(H2,15,20)(H,18,19). The van der Waals surface area contributed by atoms with E-state index < -0.39 is 11.9 Å². The number of nitrogens with two attached hydrogens (primary N) is 1. The van der Waals surface area contributed by atoms with Gasteiger partial charge >= 0.3 is 5.97 Å². The summed E-state index contributed by atoms with van der Waals surface area (Å²) in [5.41, 5.74) is 6.04. The van der Waals surface area contributed by atoms with E-state index in [-0.39, 0.29) is 6.54 Å². The Balaban J connectivity index is 3.00. The molecule has 1 amide bonds. The number of nitrogens with zero attached hydrogens (tertiary/aromatic N) is 2. The van der Waals surface area contributed by atoms with E-state index in [0.29, 0.717) is 29.4 Å². The van der Waals surface area contributed by atoms with E-state index in [1.54, 1.807) is 11.0 Å². The smallest absolute Gasteiger partial charge is 0.323 e. The lowest BCUT2D eigenvalue weighted by molar-refractivity contribution is -0.135. The van der Waals surface area contributed by atoms with Crippen molar-refractivity contribution in [2.45, 2.75) is 0 Å². The lowest BCUT2D eigenvalue weighted by Crippen LogP contribution is -2.35. The van der Waals surface area contributed by atoms with Crippen LogP contribution in [-0.4, -0.2) is 55.6 Å². The van der Waals surface area contributed by atoms with Crippen LogP contribution in [0.4, 0.5) is 5.69 Å². The number of carboxylic acids is 1. The Bertz CT molecular complexity index is 506. The third-order valence-electron chi connectivity index (χ3n) is 2.72. The van der Waals surface area contributed by atoms with Gasteiger partial charge in [0.15, 0.2) is 0 Å². The summed E-state index contributed by atoms with van der Waals surface area (Å²) >= 11 is 6.11. The van der Waals surface area contributed by atoms with Gasteiger partial charge in [0, 0.05) is 18.7 Å². The number of aliphatic carboxylic acids is 1. The van der Waals surface area contributed by atoms with Crippen LogP contribution in [0.1, 0.15) is 10.4 Å². The fraction of sp³-hybridized carbons (Fsp3) is 0.385. The van der Waals surface area contributed by atoms with Gasteiger partial charge in [-0.3, -0.25) is 9.59 Å². The molecule has 0 atom stereocenters. The predicted molar refractivity (Wildman–Crippen MR) is 78.4 cm³/mol. The molecule has 1 rings (SSSR count). The highest BCUT2D eigenvalue weighted by molar-refractivity contribution is 6.33. The maximum Gasteiger partial charge on any atom is 0.323 e. The van der Waals surface area contributed by atoms with Crippen LogP contribution in [0.2, 0.25) is 5.02 Å². The Morgan fingerprint density at radius 2 is 1.95 bits per heavy atom. The quantitative estimate of drug-likeness (QED) is 0.781. The van der Waals surface area contributed by atoms with Crippen LogP contribution in [-0.2, 0) is 4.79 Å². The maximum atomic E-state index is 11.1. The monoisotopic (exact) mass is 299 g/mol. The number of carbonyl (C=O) groups excluding carboxylic acids is 1. The van der Waals surface area contributed by atoms with Gasteiger partial charge < -0.3 is 20.6 Å². The minimum absolute atomic E-state index is 0.163. The van der Waals surface area contributed by atoms with Gasteiger partial charge in [-0.15, -0.1) is 0 Å². The first-order valence-corrected chi connectivity index (χ1v) is 6.40. The Labute approximate surface area is 122 Å². The van der Waals surface area contributed by atoms with Crippen molar-refractivity contribution in [1.29, 1.82) is 0 Å². The zero-order valence-electron chi connectivity index (χ0n) is 11.5. The summed E-state index contributed by atoms with van der Waals surface area (Å²) in [7, 11) is 3.80. The number of halogens is 1. The highest BCUT2D eigenvalue weighted by Gasteiger charge is 2.15. The van der Waals surface area contributed by atoms with Crippen molar-refractivity contribution >= 4 is 29.2 Å². The number of carboxylic acid groups (broad SMARTS) is 1. The second kappa shape index (κ2) is 7.12. The first-order valence-electron chi connectivity index (χ1n) is 6.02. The molecule has 0 radical (unpaired) electrons. The van der Waals surface area contributed by atoms with Crippen molar-refractivity contribution in [2.24, 2.45) is 5.73 Å². The van der Waals surface area contributed by atoms with Crippen LogP contribution in [0.25, 0.3) is 0 Å². The fourth-order valence-corrected chi connectivity index (χ4v) is 1.99. The van der Waals surface area contributed by atoms with Gasteiger partial charge in [0.2, 0.25) is 5.91 Å². The topological polar surface area (TPSA) is 86.9 Å². The number of rotatable bonds is 7. The molecule has 0 aliphatic carbocycles. The molecular formula is C13H18ClN3O3. The van der Waals surface area contributed by atoms with Crippen LogP contribution in [0.15, 0.2) is 18.2 Å². The van der Waals surface area contributed by atoms with E-state index in [0.717, 1.165) is 0 Å².